The van der Waals surface area contributed by atoms with E-state index in [1.54, 1.807) is 0 Å². The fourth-order valence-electron chi connectivity index (χ4n) is 2.47. The van der Waals surface area contributed by atoms with E-state index in [4.69, 9.17) is 10.5 Å². The van der Waals surface area contributed by atoms with Crippen molar-refractivity contribution in [3.8, 4) is 17.2 Å². The Labute approximate surface area is 98.8 Å². The van der Waals surface area contributed by atoms with Crippen molar-refractivity contribution in [3.05, 3.63) is 17.4 Å². The molecule has 0 spiro atoms. The summed E-state index contributed by atoms with van der Waals surface area (Å²) in [5.41, 5.74) is 5.16. The van der Waals surface area contributed by atoms with Gasteiger partial charge in [0.15, 0.2) is 23.1 Å². The maximum Gasteiger partial charge on any atom is 0.174 e. The lowest BCUT2D eigenvalue weighted by molar-refractivity contribution is 0.334. The highest BCUT2D eigenvalue weighted by molar-refractivity contribution is 5.54. The Balaban J connectivity index is 2.62. The van der Waals surface area contributed by atoms with Crippen LogP contribution in [0.4, 0.5) is 4.39 Å². The molecule has 1 fully saturated rings. The van der Waals surface area contributed by atoms with Gasteiger partial charge in [-0.25, -0.2) is 4.39 Å². The number of methoxy groups -OCH3 is 1. The summed E-state index contributed by atoms with van der Waals surface area (Å²) in [6.07, 6.45) is 2.94. The summed E-state index contributed by atoms with van der Waals surface area (Å²) in [5, 5.41) is 19.4. The van der Waals surface area contributed by atoms with Crippen molar-refractivity contribution in [3.63, 3.8) is 0 Å². The zero-order valence-electron chi connectivity index (χ0n) is 9.66. The molecule has 1 aromatic rings. The number of halogens is 1. The summed E-state index contributed by atoms with van der Waals surface area (Å²) in [4.78, 5) is 0. The van der Waals surface area contributed by atoms with Crippen molar-refractivity contribution in [2.75, 3.05) is 7.11 Å². The maximum absolute atomic E-state index is 14.1. The van der Waals surface area contributed by atoms with Crippen molar-refractivity contribution in [2.24, 2.45) is 5.73 Å². The monoisotopic (exact) mass is 241 g/mol. The van der Waals surface area contributed by atoms with Crippen LogP contribution in [0.15, 0.2) is 6.07 Å². The summed E-state index contributed by atoms with van der Waals surface area (Å²) in [6.45, 7) is 0. The molecule has 0 aromatic heterocycles. The van der Waals surface area contributed by atoms with Gasteiger partial charge in [0.05, 0.1) is 12.7 Å². The molecule has 17 heavy (non-hydrogen) atoms. The van der Waals surface area contributed by atoms with E-state index in [0.29, 0.717) is 12.8 Å². The second-order valence-corrected chi connectivity index (χ2v) is 4.50. The third-order valence-electron chi connectivity index (χ3n) is 3.40. The van der Waals surface area contributed by atoms with E-state index < -0.39 is 22.9 Å². The first-order valence-electron chi connectivity index (χ1n) is 5.57. The molecule has 1 aromatic carbocycles. The second-order valence-electron chi connectivity index (χ2n) is 4.50. The van der Waals surface area contributed by atoms with Crippen LogP contribution >= 0.6 is 0 Å². The number of ether oxygens (including phenoxy) is 1. The first-order valence-corrected chi connectivity index (χ1v) is 5.57. The second kappa shape index (κ2) is 4.07. The summed E-state index contributed by atoms with van der Waals surface area (Å²) in [7, 11) is 1.30. The molecule has 0 unspecified atom stereocenters. The Bertz CT molecular complexity index is 442. The van der Waals surface area contributed by atoms with Crippen LogP contribution in [0, 0.1) is 5.82 Å². The van der Waals surface area contributed by atoms with E-state index in [1.165, 1.54) is 7.11 Å². The number of aromatic hydroxyl groups is 2. The summed E-state index contributed by atoms with van der Waals surface area (Å²) in [5.74, 6) is -1.68. The fourth-order valence-corrected chi connectivity index (χ4v) is 2.47. The van der Waals surface area contributed by atoms with E-state index in [-0.39, 0.29) is 11.3 Å². The van der Waals surface area contributed by atoms with Crippen molar-refractivity contribution in [1.82, 2.24) is 0 Å². The molecule has 5 heteroatoms. The van der Waals surface area contributed by atoms with Crippen LogP contribution in [0.3, 0.4) is 0 Å². The van der Waals surface area contributed by atoms with Gasteiger partial charge in [-0.1, -0.05) is 12.8 Å². The predicted octanol–water partition coefficient (Wildman–Crippen LogP) is 1.97. The molecule has 0 atom stereocenters. The smallest absolute Gasteiger partial charge is 0.174 e. The summed E-state index contributed by atoms with van der Waals surface area (Å²) < 4.78 is 19.0. The Morgan fingerprint density at radius 3 is 2.47 bits per heavy atom. The van der Waals surface area contributed by atoms with Crippen LogP contribution in [0.5, 0.6) is 17.2 Å². The summed E-state index contributed by atoms with van der Waals surface area (Å²) >= 11 is 0. The Morgan fingerprint density at radius 1 is 1.35 bits per heavy atom. The highest BCUT2D eigenvalue weighted by atomic mass is 19.1. The standard InChI is InChI=1S/C12H16FNO3/c1-17-8-6-7(15)11(16)9(10(8)13)12(14)4-2-3-5-12/h6,15-16H,2-5,14H2,1H3. The molecular weight excluding hydrogens is 225 g/mol. The van der Waals surface area contributed by atoms with Gasteiger partial charge >= 0.3 is 0 Å². The number of benzene rings is 1. The minimum Gasteiger partial charge on any atom is -0.504 e. The lowest BCUT2D eigenvalue weighted by Gasteiger charge is -2.26. The number of nitrogens with two attached hydrogens (primary N) is 1. The number of hydrogen-bond acceptors (Lipinski definition) is 4. The van der Waals surface area contributed by atoms with Gasteiger partial charge in [0.2, 0.25) is 0 Å². The molecule has 0 radical (unpaired) electrons. The molecular formula is C12H16FNO3. The Kier molecular flexibility index (Phi) is 2.87. The van der Waals surface area contributed by atoms with Gasteiger partial charge in [-0.05, 0) is 12.8 Å². The predicted molar refractivity (Wildman–Crippen MR) is 60.6 cm³/mol. The molecule has 0 bridgehead atoms. The third-order valence-corrected chi connectivity index (χ3v) is 3.40. The van der Waals surface area contributed by atoms with Gasteiger partial charge in [0.25, 0.3) is 0 Å². The average Bonchev–Trinajstić information content (AvgIpc) is 2.71. The maximum atomic E-state index is 14.1. The third kappa shape index (κ3) is 1.80. The Morgan fingerprint density at radius 2 is 1.94 bits per heavy atom. The molecule has 0 aliphatic heterocycles. The molecule has 0 amide bonds. The van der Waals surface area contributed by atoms with Gasteiger partial charge in [-0.2, -0.15) is 0 Å². The first-order chi connectivity index (χ1) is 7.99. The number of rotatable bonds is 2. The highest BCUT2D eigenvalue weighted by Crippen LogP contribution is 2.47. The minimum atomic E-state index is -0.916. The molecule has 0 heterocycles. The molecule has 0 saturated heterocycles. The molecule has 4 N–H and O–H groups in total. The van der Waals surface area contributed by atoms with Crippen molar-refractivity contribution in [2.45, 2.75) is 31.2 Å². The summed E-state index contributed by atoms with van der Waals surface area (Å²) in [6, 6.07) is 1.05. The van der Waals surface area contributed by atoms with Crippen LogP contribution in [0.2, 0.25) is 0 Å². The van der Waals surface area contributed by atoms with E-state index in [9.17, 15) is 14.6 Å². The zero-order chi connectivity index (χ0) is 12.6. The van der Waals surface area contributed by atoms with Gasteiger partial charge in [-0.15, -0.1) is 0 Å². The van der Waals surface area contributed by atoms with Gasteiger partial charge in [0, 0.05) is 11.6 Å². The zero-order valence-corrected chi connectivity index (χ0v) is 9.66. The van der Waals surface area contributed by atoms with Crippen LogP contribution in [0.1, 0.15) is 31.2 Å². The lowest BCUT2D eigenvalue weighted by Crippen LogP contribution is -2.34. The number of phenolic OH excluding ortho intramolecular Hbond substituents is 2. The van der Waals surface area contributed by atoms with Gasteiger partial charge in [0.1, 0.15) is 0 Å². The molecule has 1 saturated carbocycles. The van der Waals surface area contributed by atoms with Crippen LogP contribution < -0.4 is 10.5 Å². The fraction of sp³-hybridized carbons (Fsp3) is 0.500. The largest absolute Gasteiger partial charge is 0.504 e. The van der Waals surface area contributed by atoms with E-state index in [0.717, 1.165) is 18.9 Å². The van der Waals surface area contributed by atoms with Crippen molar-refractivity contribution < 1.29 is 19.3 Å². The van der Waals surface area contributed by atoms with E-state index >= 15 is 0 Å². The number of phenols is 2. The van der Waals surface area contributed by atoms with E-state index in [1.807, 2.05) is 0 Å². The van der Waals surface area contributed by atoms with Crippen LogP contribution in [-0.4, -0.2) is 17.3 Å². The van der Waals surface area contributed by atoms with Crippen LogP contribution in [0.25, 0.3) is 0 Å². The molecule has 1 aliphatic rings. The average molecular weight is 241 g/mol. The van der Waals surface area contributed by atoms with Crippen LogP contribution in [-0.2, 0) is 5.54 Å². The number of hydrogen-bond donors (Lipinski definition) is 3. The van der Waals surface area contributed by atoms with Crippen molar-refractivity contribution >= 4 is 0 Å². The Hall–Kier alpha value is -1.49. The van der Waals surface area contributed by atoms with E-state index in [2.05, 4.69) is 0 Å². The molecule has 2 rings (SSSR count). The molecule has 1 aliphatic carbocycles. The topological polar surface area (TPSA) is 75.7 Å². The van der Waals surface area contributed by atoms with Gasteiger partial charge in [-0.3, -0.25) is 0 Å². The lowest BCUT2D eigenvalue weighted by atomic mass is 9.87. The SMILES string of the molecule is COc1cc(O)c(O)c(C2(N)CCCC2)c1F. The van der Waals surface area contributed by atoms with Gasteiger partial charge < -0.3 is 20.7 Å². The minimum absolute atomic E-state index is 0.0353. The normalized spacial score (nSPS) is 18.3. The highest BCUT2D eigenvalue weighted by Gasteiger charge is 2.38. The molecule has 94 valence electrons. The molecule has 4 nitrogen and oxygen atoms in total. The first kappa shape index (κ1) is 12.0. The quantitative estimate of drug-likeness (QED) is 0.692. The van der Waals surface area contributed by atoms with Crippen molar-refractivity contribution in [1.29, 1.82) is 0 Å².